The maximum Gasteiger partial charge on any atom is 0.310 e. The Kier molecular flexibility index (Phi) is 3.69. The molecule has 1 heterocycles. The third-order valence-corrected chi connectivity index (χ3v) is 2.97. The fourth-order valence-corrected chi connectivity index (χ4v) is 1.71. The van der Waals surface area contributed by atoms with Crippen molar-refractivity contribution in [1.29, 1.82) is 0 Å². The molecule has 0 N–H and O–H groups in total. The summed E-state index contributed by atoms with van der Waals surface area (Å²) in [6.45, 7) is 5.64. The second-order valence-electron chi connectivity index (χ2n) is 3.45. The van der Waals surface area contributed by atoms with E-state index in [0.29, 0.717) is 5.02 Å². The molecular formula is C11H14ClNO2. The molecule has 0 bridgehead atoms. The summed E-state index contributed by atoms with van der Waals surface area (Å²) in [5.74, 6) is -0.301. The Bertz CT molecular complexity index is 402. The molecule has 0 unspecified atom stereocenters. The molecule has 0 atom stereocenters. The first-order valence-electron chi connectivity index (χ1n) is 4.66. The number of pyridine rings is 1. The summed E-state index contributed by atoms with van der Waals surface area (Å²) in [6.07, 6.45) is 0.176. The Morgan fingerprint density at radius 3 is 2.47 bits per heavy atom. The Hall–Kier alpha value is -1.09. The smallest absolute Gasteiger partial charge is 0.310 e. The van der Waals surface area contributed by atoms with Gasteiger partial charge in [0.15, 0.2) is 0 Å². The zero-order valence-electron chi connectivity index (χ0n) is 9.35. The van der Waals surface area contributed by atoms with Crippen LogP contribution in [0.4, 0.5) is 0 Å². The summed E-state index contributed by atoms with van der Waals surface area (Å²) >= 11 is 6.16. The average Bonchev–Trinajstić information content (AvgIpc) is 2.21. The first kappa shape index (κ1) is 12.0. The summed E-state index contributed by atoms with van der Waals surface area (Å²) in [5, 5.41) is 0.616. The van der Waals surface area contributed by atoms with E-state index in [1.54, 1.807) is 0 Å². The van der Waals surface area contributed by atoms with Crippen LogP contribution in [0.1, 0.15) is 22.5 Å². The van der Waals surface area contributed by atoms with E-state index in [9.17, 15) is 4.79 Å². The van der Waals surface area contributed by atoms with Crippen LogP contribution in [-0.4, -0.2) is 18.1 Å². The van der Waals surface area contributed by atoms with Crippen LogP contribution < -0.4 is 0 Å². The van der Waals surface area contributed by atoms with E-state index in [1.165, 1.54) is 7.11 Å². The number of rotatable bonds is 2. The Morgan fingerprint density at radius 1 is 1.33 bits per heavy atom. The molecule has 3 nitrogen and oxygen atoms in total. The SMILES string of the molecule is COC(=O)Cc1c(C)nc(C)c(C)c1Cl. The number of carbonyl (C=O) groups is 1. The van der Waals surface area contributed by atoms with Crippen LogP contribution in [0.2, 0.25) is 5.02 Å². The van der Waals surface area contributed by atoms with Gasteiger partial charge in [-0.1, -0.05) is 11.6 Å². The summed E-state index contributed by atoms with van der Waals surface area (Å²) in [6, 6.07) is 0. The highest BCUT2D eigenvalue weighted by Gasteiger charge is 2.14. The average molecular weight is 228 g/mol. The number of esters is 1. The van der Waals surface area contributed by atoms with Gasteiger partial charge < -0.3 is 4.74 Å². The van der Waals surface area contributed by atoms with Gasteiger partial charge in [-0.25, -0.2) is 0 Å². The zero-order valence-corrected chi connectivity index (χ0v) is 10.1. The highest BCUT2D eigenvalue weighted by atomic mass is 35.5. The van der Waals surface area contributed by atoms with Crippen LogP contribution >= 0.6 is 11.6 Å². The molecule has 0 fully saturated rings. The first-order valence-corrected chi connectivity index (χ1v) is 5.04. The van der Waals surface area contributed by atoms with E-state index in [0.717, 1.165) is 22.5 Å². The molecule has 1 rings (SSSR count). The number of aryl methyl sites for hydroxylation is 2. The molecule has 0 aliphatic carbocycles. The van der Waals surface area contributed by atoms with Crippen molar-refractivity contribution in [1.82, 2.24) is 4.98 Å². The standard InChI is InChI=1S/C11H14ClNO2/c1-6-7(2)13-8(3)9(11(6)12)5-10(14)15-4/h5H2,1-4H3. The zero-order chi connectivity index (χ0) is 11.6. The van der Waals surface area contributed by atoms with Gasteiger partial charge >= 0.3 is 5.97 Å². The molecule has 4 heteroatoms. The van der Waals surface area contributed by atoms with Crippen molar-refractivity contribution in [2.75, 3.05) is 7.11 Å². The topological polar surface area (TPSA) is 39.2 Å². The molecule has 0 aromatic carbocycles. The number of nitrogens with zero attached hydrogens (tertiary/aromatic N) is 1. The van der Waals surface area contributed by atoms with Crippen LogP contribution in [0.3, 0.4) is 0 Å². The van der Waals surface area contributed by atoms with Crippen molar-refractivity contribution in [2.45, 2.75) is 27.2 Å². The maximum atomic E-state index is 11.2. The molecular weight excluding hydrogens is 214 g/mol. The molecule has 82 valence electrons. The van der Waals surface area contributed by atoms with E-state index < -0.39 is 0 Å². The molecule has 0 saturated heterocycles. The Balaban J connectivity index is 3.18. The number of hydrogen-bond acceptors (Lipinski definition) is 3. The lowest BCUT2D eigenvalue weighted by atomic mass is 10.1. The summed E-state index contributed by atoms with van der Waals surface area (Å²) in [7, 11) is 1.36. The van der Waals surface area contributed by atoms with Crippen molar-refractivity contribution >= 4 is 17.6 Å². The van der Waals surface area contributed by atoms with Crippen molar-refractivity contribution in [2.24, 2.45) is 0 Å². The van der Waals surface area contributed by atoms with Crippen molar-refractivity contribution in [3.8, 4) is 0 Å². The van der Waals surface area contributed by atoms with Crippen LogP contribution in [-0.2, 0) is 16.0 Å². The third-order valence-electron chi connectivity index (χ3n) is 2.46. The summed E-state index contributed by atoms with van der Waals surface area (Å²) in [5.41, 5.74) is 3.35. The van der Waals surface area contributed by atoms with Crippen molar-refractivity contribution < 1.29 is 9.53 Å². The molecule has 0 amide bonds. The van der Waals surface area contributed by atoms with Crippen LogP contribution in [0.15, 0.2) is 0 Å². The molecule has 0 aliphatic rings. The van der Waals surface area contributed by atoms with E-state index >= 15 is 0 Å². The fraction of sp³-hybridized carbons (Fsp3) is 0.455. The quantitative estimate of drug-likeness (QED) is 0.729. The predicted octanol–water partition coefficient (Wildman–Crippen LogP) is 2.38. The lowest BCUT2D eigenvalue weighted by molar-refractivity contribution is -0.139. The molecule has 0 aliphatic heterocycles. The minimum Gasteiger partial charge on any atom is -0.469 e. The molecule has 0 radical (unpaired) electrons. The third kappa shape index (κ3) is 2.48. The number of halogens is 1. The van der Waals surface area contributed by atoms with Gasteiger partial charge in [-0.2, -0.15) is 0 Å². The van der Waals surface area contributed by atoms with Crippen LogP contribution in [0.25, 0.3) is 0 Å². The van der Waals surface area contributed by atoms with Gasteiger partial charge in [0.2, 0.25) is 0 Å². The first-order chi connectivity index (χ1) is 6.97. The van der Waals surface area contributed by atoms with Crippen molar-refractivity contribution in [3.63, 3.8) is 0 Å². The minimum absolute atomic E-state index is 0.176. The van der Waals surface area contributed by atoms with Gasteiger partial charge in [0.25, 0.3) is 0 Å². The van der Waals surface area contributed by atoms with E-state index in [-0.39, 0.29) is 12.4 Å². The van der Waals surface area contributed by atoms with Crippen LogP contribution in [0.5, 0.6) is 0 Å². The highest BCUT2D eigenvalue weighted by Crippen LogP contribution is 2.25. The normalized spacial score (nSPS) is 10.2. The second kappa shape index (κ2) is 4.62. The minimum atomic E-state index is -0.301. The molecule has 0 spiro atoms. The van der Waals surface area contributed by atoms with Gasteiger partial charge in [-0.15, -0.1) is 0 Å². The molecule has 1 aromatic rings. The highest BCUT2D eigenvalue weighted by molar-refractivity contribution is 6.32. The van der Waals surface area contributed by atoms with Crippen molar-refractivity contribution in [3.05, 3.63) is 27.5 Å². The Morgan fingerprint density at radius 2 is 1.93 bits per heavy atom. The maximum absolute atomic E-state index is 11.2. The molecule has 1 aromatic heterocycles. The Labute approximate surface area is 94.4 Å². The number of hydrogen-bond donors (Lipinski definition) is 0. The fourth-order valence-electron chi connectivity index (χ4n) is 1.37. The number of ether oxygens (including phenoxy) is 1. The van der Waals surface area contributed by atoms with Gasteiger partial charge in [-0.05, 0) is 26.3 Å². The molecule has 0 saturated carbocycles. The number of methoxy groups -OCH3 is 1. The van der Waals surface area contributed by atoms with E-state index in [1.807, 2.05) is 20.8 Å². The van der Waals surface area contributed by atoms with E-state index in [4.69, 9.17) is 11.6 Å². The number of carbonyl (C=O) groups excluding carboxylic acids is 1. The predicted molar refractivity (Wildman–Crippen MR) is 59.2 cm³/mol. The van der Waals surface area contributed by atoms with Crippen LogP contribution in [0, 0.1) is 20.8 Å². The van der Waals surface area contributed by atoms with Gasteiger partial charge in [0.05, 0.1) is 18.6 Å². The summed E-state index contributed by atoms with van der Waals surface area (Å²) < 4.78 is 4.61. The van der Waals surface area contributed by atoms with Gasteiger partial charge in [0.1, 0.15) is 0 Å². The van der Waals surface area contributed by atoms with E-state index in [2.05, 4.69) is 9.72 Å². The monoisotopic (exact) mass is 227 g/mol. The van der Waals surface area contributed by atoms with Gasteiger partial charge in [0, 0.05) is 17.0 Å². The van der Waals surface area contributed by atoms with Gasteiger partial charge in [-0.3, -0.25) is 9.78 Å². The lowest BCUT2D eigenvalue weighted by Gasteiger charge is -2.11. The number of aromatic nitrogens is 1. The molecule has 15 heavy (non-hydrogen) atoms. The summed E-state index contributed by atoms with van der Waals surface area (Å²) in [4.78, 5) is 15.5. The largest absolute Gasteiger partial charge is 0.469 e. The lowest BCUT2D eigenvalue weighted by Crippen LogP contribution is -2.09. The second-order valence-corrected chi connectivity index (χ2v) is 3.83.